The fourth-order valence-corrected chi connectivity index (χ4v) is 3.98. The summed E-state index contributed by atoms with van der Waals surface area (Å²) in [4.78, 5) is 16.3. The largest absolute Gasteiger partial charge is 0.493 e. The zero-order chi connectivity index (χ0) is 15.4. The van der Waals surface area contributed by atoms with Crippen molar-refractivity contribution in [3.05, 3.63) is 27.9 Å². The standard InChI is InChI=1S/C14H14BrNO3S2/c1-4-20-14-16-10(13(17)21-14)6-8-5-9(15)7-11(18-2)12(8)19-3/h5-7H,4H2,1-3H3/b10-6-. The molecular weight excluding hydrogens is 374 g/mol. The highest BCUT2D eigenvalue weighted by Crippen LogP contribution is 2.38. The Hall–Kier alpha value is -0.920. The van der Waals surface area contributed by atoms with Gasteiger partial charge in [0.25, 0.3) is 0 Å². The van der Waals surface area contributed by atoms with Gasteiger partial charge in [-0.25, -0.2) is 4.99 Å². The van der Waals surface area contributed by atoms with E-state index in [-0.39, 0.29) is 5.12 Å². The monoisotopic (exact) mass is 387 g/mol. The second-order valence-corrected chi connectivity index (χ2v) is 7.35. The molecule has 0 bridgehead atoms. The molecule has 1 heterocycles. The molecule has 0 atom stereocenters. The van der Waals surface area contributed by atoms with Crippen LogP contribution in [0, 0.1) is 0 Å². The average molecular weight is 388 g/mol. The Balaban J connectivity index is 2.45. The minimum Gasteiger partial charge on any atom is -0.493 e. The van der Waals surface area contributed by atoms with Crippen LogP contribution < -0.4 is 9.47 Å². The number of nitrogens with zero attached hydrogens (tertiary/aromatic N) is 1. The van der Waals surface area contributed by atoms with Crippen molar-refractivity contribution in [1.82, 2.24) is 0 Å². The van der Waals surface area contributed by atoms with Gasteiger partial charge in [-0.3, -0.25) is 4.79 Å². The van der Waals surface area contributed by atoms with Gasteiger partial charge in [0.15, 0.2) is 11.5 Å². The van der Waals surface area contributed by atoms with Gasteiger partial charge in [-0.05, 0) is 35.7 Å². The van der Waals surface area contributed by atoms with E-state index in [9.17, 15) is 4.79 Å². The first-order valence-electron chi connectivity index (χ1n) is 6.16. The first-order chi connectivity index (χ1) is 10.1. The number of thioether (sulfide) groups is 2. The van der Waals surface area contributed by atoms with Crippen LogP contribution in [-0.2, 0) is 4.79 Å². The zero-order valence-corrected chi connectivity index (χ0v) is 15.0. The molecule has 0 aliphatic carbocycles. The third-order valence-corrected chi connectivity index (χ3v) is 4.98. The molecule has 0 aromatic heterocycles. The van der Waals surface area contributed by atoms with E-state index in [2.05, 4.69) is 20.9 Å². The van der Waals surface area contributed by atoms with Crippen molar-refractivity contribution in [3.63, 3.8) is 0 Å². The molecule has 2 rings (SSSR count). The molecule has 0 spiro atoms. The summed E-state index contributed by atoms with van der Waals surface area (Å²) in [6.07, 6.45) is 1.73. The van der Waals surface area contributed by atoms with Crippen LogP contribution in [0.15, 0.2) is 27.3 Å². The van der Waals surface area contributed by atoms with E-state index in [4.69, 9.17) is 9.47 Å². The Kier molecular flexibility index (Phi) is 5.78. The lowest BCUT2D eigenvalue weighted by Crippen LogP contribution is -1.95. The van der Waals surface area contributed by atoms with E-state index in [1.165, 1.54) is 11.8 Å². The number of carbonyl (C=O) groups is 1. The molecule has 1 aromatic carbocycles. The predicted octanol–water partition coefficient (Wildman–Crippen LogP) is 4.19. The van der Waals surface area contributed by atoms with Crippen LogP contribution in [0.3, 0.4) is 0 Å². The lowest BCUT2D eigenvalue weighted by Gasteiger charge is -2.11. The highest BCUT2D eigenvalue weighted by Gasteiger charge is 2.23. The highest BCUT2D eigenvalue weighted by atomic mass is 79.9. The number of hydrogen-bond donors (Lipinski definition) is 0. The van der Waals surface area contributed by atoms with E-state index in [0.717, 1.165) is 20.2 Å². The molecule has 0 unspecified atom stereocenters. The van der Waals surface area contributed by atoms with Crippen LogP contribution in [0.2, 0.25) is 0 Å². The Morgan fingerprint density at radius 3 is 2.76 bits per heavy atom. The van der Waals surface area contributed by atoms with Crippen LogP contribution in [0.1, 0.15) is 12.5 Å². The maximum atomic E-state index is 12.0. The topological polar surface area (TPSA) is 47.9 Å². The molecule has 1 aromatic rings. The quantitative estimate of drug-likeness (QED) is 0.724. The summed E-state index contributed by atoms with van der Waals surface area (Å²) in [6, 6.07) is 3.68. The third-order valence-electron chi connectivity index (χ3n) is 2.63. The Morgan fingerprint density at radius 1 is 1.38 bits per heavy atom. The maximum Gasteiger partial charge on any atom is 0.244 e. The van der Waals surface area contributed by atoms with Crippen LogP contribution in [0.25, 0.3) is 6.08 Å². The van der Waals surface area contributed by atoms with E-state index in [1.807, 2.05) is 19.1 Å². The summed E-state index contributed by atoms with van der Waals surface area (Å²) in [5.74, 6) is 2.07. The smallest absolute Gasteiger partial charge is 0.244 e. The number of methoxy groups -OCH3 is 2. The number of ether oxygens (including phenoxy) is 2. The molecule has 0 fully saturated rings. The Bertz CT molecular complexity index is 629. The van der Waals surface area contributed by atoms with Crippen molar-refractivity contribution in [2.45, 2.75) is 6.92 Å². The van der Waals surface area contributed by atoms with Crippen molar-refractivity contribution in [1.29, 1.82) is 0 Å². The second kappa shape index (κ2) is 7.38. The molecule has 1 aliphatic rings. The van der Waals surface area contributed by atoms with Gasteiger partial charge in [0.2, 0.25) is 5.12 Å². The van der Waals surface area contributed by atoms with Crippen molar-refractivity contribution >= 4 is 55.0 Å². The summed E-state index contributed by atoms with van der Waals surface area (Å²) < 4.78 is 12.3. The zero-order valence-electron chi connectivity index (χ0n) is 11.8. The van der Waals surface area contributed by atoms with Gasteiger partial charge in [-0.15, -0.1) is 0 Å². The third kappa shape index (κ3) is 3.84. The second-order valence-electron chi connectivity index (χ2n) is 3.96. The van der Waals surface area contributed by atoms with E-state index >= 15 is 0 Å². The normalized spacial score (nSPS) is 16.3. The van der Waals surface area contributed by atoms with Crippen LogP contribution in [0.5, 0.6) is 11.5 Å². The Labute approximate surface area is 140 Å². The maximum absolute atomic E-state index is 12.0. The lowest BCUT2D eigenvalue weighted by atomic mass is 10.1. The van der Waals surface area contributed by atoms with E-state index < -0.39 is 0 Å². The minimum atomic E-state index is -0.0491. The first kappa shape index (κ1) is 16.5. The predicted molar refractivity (Wildman–Crippen MR) is 93.4 cm³/mol. The van der Waals surface area contributed by atoms with Gasteiger partial charge >= 0.3 is 0 Å². The summed E-state index contributed by atoms with van der Waals surface area (Å²) in [5.41, 5.74) is 1.17. The van der Waals surface area contributed by atoms with Gasteiger partial charge in [0.1, 0.15) is 10.1 Å². The number of aliphatic imine (C=N–C) groups is 1. The number of halogens is 1. The number of hydrogen-bond acceptors (Lipinski definition) is 6. The summed E-state index contributed by atoms with van der Waals surface area (Å²) in [5, 5.41) is -0.0491. The number of carbonyl (C=O) groups excluding carboxylic acids is 1. The molecule has 0 saturated heterocycles. The molecule has 7 heteroatoms. The molecule has 0 radical (unpaired) electrons. The van der Waals surface area contributed by atoms with E-state index in [0.29, 0.717) is 17.2 Å². The van der Waals surface area contributed by atoms with Gasteiger partial charge in [0.05, 0.1) is 14.2 Å². The van der Waals surface area contributed by atoms with Crippen LogP contribution >= 0.6 is 39.5 Å². The van der Waals surface area contributed by atoms with Crippen molar-refractivity contribution < 1.29 is 14.3 Å². The van der Waals surface area contributed by atoms with E-state index in [1.54, 1.807) is 32.1 Å². The minimum absolute atomic E-state index is 0.0491. The molecule has 21 heavy (non-hydrogen) atoms. The molecule has 4 nitrogen and oxygen atoms in total. The molecule has 0 saturated carbocycles. The average Bonchev–Trinajstić information content (AvgIpc) is 2.78. The van der Waals surface area contributed by atoms with Gasteiger partial charge in [0, 0.05) is 10.0 Å². The van der Waals surface area contributed by atoms with Gasteiger partial charge in [-0.1, -0.05) is 34.6 Å². The molecular formula is C14H14BrNO3S2. The highest BCUT2D eigenvalue weighted by molar-refractivity contribution is 9.10. The molecule has 112 valence electrons. The fraction of sp³-hybridized carbons (Fsp3) is 0.286. The SMILES string of the molecule is CCSC1=N/C(=C\c2cc(Br)cc(OC)c2OC)C(=O)S1. The van der Waals surface area contributed by atoms with Crippen LogP contribution in [0.4, 0.5) is 0 Å². The lowest BCUT2D eigenvalue weighted by molar-refractivity contribution is -0.107. The molecule has 0 amide bonds. The first-order valence-corrected chi connectivity index (χ1v) is 8.75. The fourth-order valence-electron chi connectivity index (χ4n) is 1.79. The van der Waals surface area contributed by atoms with Gasteiger partial charge in [-0.2, -0.15) is 0 Å². The summed E-state index contributed by atoms with van der Waals surface area (Å²) >= 11 is 6.15. The van der Waals surface area contributed by atoms with Gasteiger partial charge < -0.3 is 9.47 Å². The van der Waals surface area contributed by atoms with Crippen molar-refractivity contribution in [3.8, 4) is 11.5 Å². The molecule has 0 N–H and O–H groups in total. The molecule has 1 aliphatic heterocycles. The van der Waals surface area contributed by atoms with Crippen molar-refractivity contribution in [2.75, 3.05) is 20.0 Å². The summed E-state index contributed by atoms with van der Waals surface area (Å²) in [6.45, 7) is 2.03. The van der Waals surface area contributed by atoms with Crippen LogP contribution in [-0.4, -0.2) is 29.5 Å². The summed E-state index contributed by atoms with van der Waals surface area (Å²) in [7, 11) is 3.15. The van der Waals surface area contributed by atoms with Crippen molar-refractivity contribution in [2.24, 2.45) is 4.99 Å². The Morgan fingerprint density at radius 2 is 2.14 bits per heavy atom. The number of rotatable bonds is 4. The number of benzene rings is 1.